The van der Waals surface area contributed by atoms with E-state index < -0.39 is 0 Å². The molecule has 0 aliphatic heterocycles. The fraction of sp³-hybridized carbons (Fsp3) is 0.353. The van der Waals surface area contributed by atoms with E-state index in [1.807, 2.05) is 27.1 Å². The minimum absolute atomic E-state index is 0.248. The second-order valence-electron chi connectivity index (χ2n) is 5.81. The van der Waals surface area contributed by atoms with Crippen molar-refractivity contribution in [1.29, 1.82) is 0 Å². The van der Waals surface area contributed by atoms with Gasteiger partial charge in [0.15, 0.2) is 0 Å². The van der Waals surface area contributed by atoms with E-state index in [2.05, 4.69) is 20.3 Å². The number of nitrogens with zero attached hydrogens (tertiary/aromatic N) is 5. The van der Waals surface area contributed by atoms with Crippen molar-refractivity contribution < 1.29 is 4.79 Å². The van der Waals surface area contributed by atoms with Crippen LogP contribution in [0.1, 0.15) is 17.0 Å². The number of nitrogens with one attached hydrogen (secondary N) is 1. The third-order valence-electron chi connectivity index (χ3n) is 3.47. The minimum atomic E-state index is -0.305. The second-order valence-corrected chi connectivity index (χ2v) is 5.81. The highest BCUT2D eigenvalue weighted by atomic mass is 16.2. The summed E-state index contributed by atoms with van der Waals surface area (Å²) >= 11 is 0. The Labute approximate surface area is 146 Å². The van der Waals surface area contributed by atoms with Crippen LogP contribution in [0, 0.1) is 13.8 Å². The smallest absolute Gasteiger partial charge is 0.348 e. The summed E-state index contributed by atoms with van der Waals surface area (Å²) in [6.45, 7) is 4.33. The lowest BCUT2D eigenvalue weighted by Crippen LogP contribution is -2.32. The van der Waals surface area contributed by atoms with Gasteiger partial charge in [-0.25, -0.2) is 14.8 Å². The molecule has 0 radical (unpaired) electrons. The van der Waals surface area contributed by atoms with Gasteiger partial charge in [-0.05, 0) is 26.0 Å². The topological polar surface area (TPSA) is 93.0 Å². The van der Waals surface area contributed by atoms with Crippen LogP contribution in [0.3, 0.4) is 0 Å². The third-order valence-corrected chi connectivity index (χ3v) is 3.47. The number of hydrogen-bond donors (Lipinski definition) is 1. The number of aromatic nitrogens is 4. The number of rotatable bonds is 6. The maximum Gasteiger partial charge on any atom is 0.348 e. The molecular formula is C17H22N6O2. The summed E-state index contributed by atoms with van der Waals surface area (Å²) in [5, 5.41) is 2.74. The van der Waals surface area contributed by atoms with Gasteiger partial charge in [-0.15, -0.1) is 0 Å². The van der Waals surface area contributed by atoms with E-state index in [9.17, 15) is 9.59 Å². The van der Waals surface area contributed by atoms with Crippen molar-refractivity contribution in [1.82, 2.24) is 24.8 Å². The van der Waals surface area contributed by atoms with Gasteiger partial charge in [0.1, 0.15) is 0 Å². The Balaban J connectivity index is 1.87. The number of carbonyl (C=O) groups is 1. The van der Waals surface area contributed by atoms with Crippen LogP contribution in [-0.4, -0.2) is 46.1 Å². The van der Waals surface area contributed by atoms with Gasteiger partial charge in [-0.2, -0.15) is 4.98 Å². The molecular weight excluding hydrogens is 320 g/mol. The van der Waals surface area contributed by atoms with Gasteiger partial charge in [0.2, 0.25) is 11.9 Å². The average Bonchev–Trinajstić information content (AvgIpc) is 2.55. The van der Waals surface area contributed by atoms with E-state index in [0.717, 1.165) is 11.3 Å². The van der Waals surface area contributed by atoms with E-state index in [1.54, 1.807) is 30.3 Å². The Kier molecular flexibility index (Phi) is 5.99. The lowest BCUT2D eigenvalue weighted by molar-refractivity contribution is -0.116. The highest BCUT2D eigenvalue weighted by Gasteiger charge is 2.03. The summed E-state index contributed by atoms with van der Waals surface area (Å²) in [7, 11) is 3.71. The second kappa shape index (κ2) is 8.18. The first-order chi connectivity index (χ1) is 11.9. The summed E-state index contributed by atoms with van der Waals surface area (Å²) in [6.07, 6.45) is 6.34. The van der Waals surface area contributed by atoms with Crippen LogP contribution >= 0.6 is 0 Å². The number of carbonyl (C=O) groups excluding carboxylic acids is 1. The van der Waals surface area contributed by atoms with Crippen molar-refractivity contribution in [3.05, 3.63) is 52.0 Å². The molecule has 8 nitrogen and oxygen atoms in total. The molecule has 0 spiro atoms. The van der Waals surface area contributed by atoms with Gasteiger partial charge in [-0.1, -0.05) is 0 Å². The molecule has 2 aromatic heterocycles. The first-order valence-corrected chi connectivity index (χ1v) is 7.87. The van der Waals surface area contributed by atoms with E-state index >= 15 is 0 Å². The molecule has 0 aliphatic carbocycles. The van der Waals surface area contributed by atoms with E-state index in [4.69, 9.17) is 0 Å². The lowest BCUT2D eigenvalue weighted by atomic mass is 10.3. The molecule has 1 N–H and O–H groups in total. The summed E-state index contributed by atoms with van der Waals surface area (Å²) in [6, 6.07) is 1.83. The Morgan fingerprint density at radius 1 is 1.28 bits per heavy atom. The van der Waals surface area contributed by atoms with Gasteiger partial charge in [0.05, 0.1) is 0 Å². The predicted octanol–water partition coefficient (Wildman–Crippen LogP) is 0.546. The lowest BCUT2D eigenvalue weighted by Gasteiger charge is -2.10. The quantitative estimate of drug-likeness (QED) is 0.771. The van der Waals surface area contributed by atoms with Crippen LogP contribution in [-0.2, 0) is 11.3 Å². The fourth-order valence-electron chi connectivity index (χ4n) is 2.22. The molecule has 0 unspecified atom stereocenters. The molecule has 0 saturated heterocycles. The predicted molar refractivity (Wildman–Crippen MR) is 96.4 cm³/mol. The number of aryl methyl sites for hydroxylation is 2. The zero-order valence-corrected chi connectivity index (χ0v) is 14.9. The van der Waals surface area contributed by atoms with Crippen molar-refractivity contribution in [3.63, 3.8) is 0 Å². The van der Waals surface area contributed by atoms with Gasteiger partial charge >= 0.3 is 5.69 Å². The molecule has 0 bridgehead atoms. The highest BCUT2D eigenvalue weighted by molar-refractivity contribution is 5.91. The van der Waals surface area contributed by atoms with Gasteiger partial charge in [-0.3, -0.25) is 9.36 Å². The van der Waals surface area contributed by atoms with Crippen LogP contribution in [0.4, 0.5) is 5.95 Å². The number of amides is 1. The SMILES string of the molecule is Cc1cc(C)n(CCNC(=O)/C=C/c2cnc(N(C)C)nc2)c(=O)n1. The monoisotopic (exact) mass is 342 g/mol. The van der Waals surface area contributed by atoms with Crippen molar-refractivity contribution in [2.24, 2.45) is 0 Å². The first kappa shape index (κ1) is 18.3. The summed E-state index contributed by atoms with van der Waals surface area (Å²) in [4.78, 5) is 37.7. The summed E-state index contributed by atoms with van der Waals surface area (Å²) < 4.78 is 1.53. The zero-order valence-electron chi connectivity index (χ0n) is 14.9. The van der Waals surface area contributed by atoms with Crippen LogP contribution in [0.2, 0.25) is 0 Å². The maximum absolute atomic E-state index is 11.9. The molecule has 0 aliphatic rings. The van der Waals surface area contributed by atoms with E-state index in [1.165, 1.54) is 10.6 Å². The number of hydrogen-bond acceptors (Lipinski definition) is 6. The highest BCUT2D eigenvalue weighted by Crippen LogP contribution is 2.04. The third kappa shape index (κ3) is 5.23. The molecule has 0 atom stereocenters. The molecule has 1 amide bonds. The van der Waals surface area contributed by atoms with Gasteiger partial charge < -0.3 is 10.2 Å². The molecule has 8 heteroatoms. The Morgan fingerprint density at radius 3 is 2.56 bits per heavy atom. The van der Waals surface area contributed by atoms with Crippen molar-refractivity contribution in [3.8, 4) is 0 Å². The van der Waals surface area contributed by atoms with Crippen molar-refractivity contribution in [2.75, 3.05) is 25.5 Å². The number of anilines is 1. The molecule has 132 valence electrons. The molecule has 25 heavy (non-hydrogen) atoms. The largest absolute Gasteiger partial charge is 0.351 e. The Bertz CT molecular complexity index is 824. The first-order valence-electron chi connectivity index (χ1n) is 7.87. The Morgan fingerprint density at radius 2 is 1.96 bits per heavy atom. The van der Waals surface area contributed by atoms with E-state index in [-0.39, 0.29) is 11.6 Å². The normalized spacial score (nSPS) is 10.9. The van der Waals surface area contributed by atoms with Crippen molar-refractivity contribution >= 4 is 17.9 Å². The van der Waals surface area contributed by atoms with Gasteiger partial charge in [0, 0.05) is 62.6 Å². The summed E-state index contributed by atoms with van der Waals surface area (Å²) in [5.41, 5.74) is 1.93. The molecule has 0 aromatic carbocycles. The minimum Gasteiger partial charge on any atom is -0.351 e. The fourth-order valence-corrected chi connectivity index (χ4v) is 2.22. The van der Waals surface area contributed by atoms with Crippen LogP contribution < -0.4 is 15.9 Å². The van der Waals surface area contributed by atoms with Gasteiger partial charge in [0.25, 0.3) is 0 Å². The molecule has 2 aromatic rings. The molecule has 0 saturated carbocycles. The average molecular weight is 342 g/mol. The standard InChI is InChI=1S/C17H22N6O2/c1-12-9-13(2)23(17(25)21-12)8-7-18-15(24)6-5-14-10-19-16(20-11-14)22(3)4/h5-6,9-11H,7-8H2,1-4H3,(H,18,24)/b6-5+. The maximum atomic E-state index is 11.9. The van der Waals surface area contributed by atoms with Crippen molar-refractivity contribution in [2.45, 2.75) is 20.4 Å². The summed E-state index contributed by atoms with van der Waals surface area (Å²) in [5.74, 6) is 0.358. The van der Waals surface area contributed by atoms with Crippen LogP contribution in [0.15, 0.2) is 29.3 Å². The van der Waals surface area contributed by atoms with Crippen LogP contribution in [0.5, 0.6) is 0 Å². The Hall–Kier alpha value is -3.03. The molecule has 2 rings (SSSR count). The molecule has 0 fully saturated rings. The molecule has 2 heterocycles. The van der Waals surface area contributed by atoms with Crippen LogP contribution in [0.25, 0.3) is 6.08 Å². The zero-order chi connectivity index (χ0) is 18.4. The van der Waals surface area contributed by atoms with E-state index in [0.29, 0.717) is 24.7 Å².